The zero-order chi connectivity index (χ0) is 11.3. The first-order valence-corrected chi connectivity index (χ1v) is 5.44. The van der Waals surface area contributed by atoms with E-state index in [0.29, 0.717) is 12.2 Å². The summed E-state index contributed by atoms with van der Waals surface area (Å²) < 4.78 is 6.25. The standard InChI is InChI=1S/C12H13BrO2/c1-9(2)5-6-15-11-4-3-10(8-14)12(13)7-11/h3-4,7-8H,1,5-6H2,2H3. The molecule has 15 heavy (non-hydrogen) atoms. The summed E-state index contributed by atoms with van der Waals surface area (Å²) in [5, 5.41) is 0. The Labute approximate surface area is 98.1 Å². The number of carbonyl (C=O) groups is 1. The molecule has 0 aliphatic carbocycles. The van der Waals surface area contributed by atoms with Gasteiger partial charge in [0, 0.05) is 16.5 Å². The van der Waals surface area contributed by atoms with Crippen LogP contribution < -0.4 is 4.74 Å². The zero-order valence-corrected chi connectivity index (χ0v) is 10.2. The Morgan fingerprint density at radius 1 is 1.60 bits per heavy atom. The molecule has 0 atom stereocenters. The van der Waals surface area contributed by atoms with Crippen molar-refractivity contribution in [3.05, 3.63) is 40.4 Å². The van der Waals surface area contributed by atoms with Crippen molar-refractivity contribution < 1.29 is 9.53 Å². The molecule has 1 aromatic carbocycles. The molecule has 0 bridgehead atoms. The van der Waals surface area contributed by atoms with E-state index in [2.05, 4.69) is 22.5 Å². The fourth-order valence-corrected chi connectivity index (χ4v) is 1.49. The molecule has 2 nitrogen and oxygen atoms in total. The summed E-state index contributed by atoms with van der Waals surface area (Å²) in [6, 6.07) is 5.31. The summed E-state index contributed by atoms with van der Waals surface area (Å²) >= 11 is 3.30. The van der Waals surface area contributed by atoms with Crippen LogP contribution in [0.1, 0.15) is 23.7 Å². The molecular formula is C12H13BrO2. The van der Waals surface area contributed by atoms with Gasteiger partial charge < -0.3 is 4.74 Å². The van der Waals surface area contributed by atoms with Crippen LogP contribution >= 0.6 is 15.9 Å². The van der Waals surface area contributed by atoms with Gasteiger partial charge in [-0.2, -0.15) is 0 Å². The van der Waals surface area contributed by atoms with E-state index in [0.717, 1.165) is 28.5 Å². The maximum atomic E-state index is 10.6. The average molecular weight is 269 g/mol. The second kappa shape index (κ2) is 5.71. The minimum Gasteiger partial charge on any atom is -0.493 e. The number of halogens is 1. The van der Waals surface area contributed by atoms with Crippen molar-refractivity contribution in [3.8, 4) is 5.75 Å². The zero-order valence-electron chi connectivity index (χ0n) is 8.63. The van der Waals surface area contributed by atoms with E-state index in [9.17, 15) is 4.79 Å². The number of hydrogen-bond donors (Lipinski definition) is 0. The fraction of sp³-hybridized carbons (Fsp3) is 0.250. The van der Waals surface area contributed by atoms with Gasteiger partial charge in [-0.05, 0) is 41.1 Å². The highest BCUT2D eigenvalue weighted by atomic mass is 79.9. The Morgan fingerprint density at radius 2 is 2.33 bits per heavy atom. The second-order valence-corrected chi connectivity index (χ2v) is 4.21. The molecule has 0 heterocycles. The van der Waals surface area contributed by atoms with Crippen LogP contribution in [0.15, 0.2) is 34.8 Å². The van der Waals surface area contributed by atoms with Gasteiger partial charge in [-0.1, -0.05) is 5.57 Å². The van der Waals surface area contributed by atoms with E-state index in [1.54, 1.807) is 18.2 Å². The van der Waals surface area contributed by atoms with Crippen LogP contribution in [0.4, 0.5) is 0 Å². The van der Waals surface area contributed by atoms with Crippen molar-refractivity contribution >= 4 is 22.2 Å². The monoisotopic (exact) mass is 268 g/mol. The largest absolute Gasteiger partial charge is 0.493 e. The van der Waals surface area contributed by atoms with Crippen molar-refractivity contribution in [2.24, 2.45) is 0 Å². The third kappa shape index (κ3) is 3.88. The first-order chi connectivity index (χ1) is 7.13. The maximum Gasteiger partial charge on any atom is 0.151 e. The molecule has 0 unspecified atom stereocenters. The number of rotatable bonds is 5. The molecule has 80 valence electrons. The number of ether oxygens (including phenoxy) is 1. The van der Waals surface area contributed by atoms with E-state index < -0.39 is 0 Å². The summed E-state index contributed by atoms with van der Waals surface area (Å²) in [5.41, 5.74) is 1.72. The minimum absolute atomic E-state index is 0.613. The lowest BCUT2D eigenvalue weighted by atomic mass is 10.2. The van der Waals surface area contributed by atoms with Crippen LogP contribution in [0.25, 0.3) is 0 Å². The number of benzene rings is 1. The Hall–Kier alpha value is -1.09. The quantitative estimate of drug-likeness (QED) is 0.603. The molecule has 1 rings (SSSR count). The average Bonchev–Trinajstić information content (AvgIpc) is 2.17. The Bertz CT molecular complexity index is 372. The van der Waals surface area contributed by atoms with E-state index in [1.165, 1.54) is 0 Å². The van der Waals surface area contributed by atoms with Gasteiger partial charge in [-0.3, -0.25) is 4.79 Å². The van der Waals surface area contributed by atoms with Gasteiger partial charge in [-0.15, -0.1) is 6.58 Å². The SMILES string of the molecule is C=C(C)CCOc1ccc(C=O)c(Br)c1. The molecule has 0 spiro atoms. The van der Waals surface area contributed by atoms with Gasteiger partial charge >= 0.3 is 0 Å². The van der Waals surface area contributed by atoms with E-state index >= 15 is 0 Å². The Balaban J connectivity index is 2.59. The van der Waals surface area contributed by atoms with E-state index in [-0.39, 0.29) is 0 Å². The summed E-state index contributed by atoms with van der Waals surface area (Å²) in [6.45, 7) is 6.38. The van der Waals surface area contributed by atoms with Crippen LogP contribution in [0, 0.1) is 0 Å². The third-order valence-electron chi connectivity index (χ3n) is 1.90. The van der Waals surface area contributed by atoms with Gasteiger partial charge in [0.2, 0.25) is 0 Å². The van der Waals surface area contributed by atoms with E-state index in [1.807, 2.05) is 6.92 Å². The summed E-state index contributed by atoms with van der Waals surface area (Å²) in [5.74, 6) is 0.758. The van der Waals surface area contributed by atoms with Gasteiger partial charge in [0.25, 0.3) is 0 Å². The van der Waals surface area contributed by atoms with E-state index in [4.69, 9.17) is 4.74 Å². The highest BCUT2D eigenvalue weighted by Gasteiger charge is 2.00. The van der Waals surface area contributed by atoms with Crippen LogP contribution in [-0.4, -0.2) is 12.9 Å². The van der Waals surface area contributed by atoms with Crippen LogP contribution in [0.2, 0.25) is 0 Å². The highest BCUT2D eigenvalue weighted by molar-refractivity contribution is 9.10. The number of aldehydes is 1. The fourth-order valence-electron chi connectivity index (χ4n) is 1.04. The molecule has 0 radical (unpaired) electrons. The number of carbonyl (C=O) groups excluding carboxylic acids is 1. The second-order valence-electron chi connectivity index (χ2n) is 3.36. The predicted molar refractivity (Wildman–Crippen MR) is 64.5 cm³/mol. The molecule has 0 aliphatic heterocycles. The minimum atomic E-state index is 0.613. The smallest absolute Gasteiger partial charge is 0.151 e. The molecule has 0 saturated carbocycles. The molecule has 0 saturated heterocycles. The lowest BCUT2D eigenvalue weighted by molar-refractivity contribution is 0.112. The van der Waals surface area contributed by atoms with Crippen molar-refractivity contribution in [1.29, 1.82) is 0 Å². The van der Waals surface area contributed by atoms with Crippen LogP contribution in [0.3, 0.4) is 0 Å². The first kappa shape index (κ1) is 12.0. The van der Waals surface area contributed by atoms with Gasteiger partial charge in [-0.25, -0.2) is 0 Å². The normalized spacial score (nSPS) is 9.73. The summed E-state index contributed by atoms with van der Waals surface area (Å²) in [4.78, 5) is 10.6. The molecule has 0 fully saturated rings. The number of hydrogen-bond acceptors (Lipinski definition) is 2. The van der Waals surface area contributed by atoms with Crippen molar-refractivity contribution in [3.63, 3.8) is 0 Å². The Morgan fingerprint density at radius 3 is 2.87 bits per heavy atom. The molecule has 0 N–H and O–H groups in total. The highest BCUT2D eigenvalue weighted by Crippen LogP contribution is 2.22. The maximum absolute atomic E-state index is 10.6. The molecule has 0 amide bonds. The topological polar surface area (TPSA) is 26.3 Å². The van der Waals surface area contributed by atoms with Crippen molar-refractivity contribution in [2.45, 2.75) is 13.3 Å². The molecule has 3 heteroatoms. The van der Waals surface area contributed by atoms with Crippen molar-refractivity contribution in [1.82, 2.24) is 0 Å². The molecule has 0 aliphatic rings. The molecular weight excluding hydrogens is 256 g/mol. The van der Waals surface area contributed by atoms with Crippen LogP contribution in [0.5, 0.6) is 5.75 Å². The van der Waals surface area contributed by atoms with Gasteiger partial charge in [0.05, 0.1) is 6.61 Å². The van der Waals surface area contributed by atoms with Gasteiger partial charge in [0.1, 0.15) is 5.75 Å². The third-order valence-corrected chi connectivity index (χ3v) is 2.58. The summed E-state index contributed by atoms with van der Waals surface area (Å²) in [6.07, 6.45) is 1.65. The lowest BCUT2D eigenvalue weighted by Gasteiger charge is -2.06. The molecule has 1 aromatic rings. The lowest BCUT2D eigenvalue weighted by Crippen LogP contribution is -1.97. The van der Waals surface area contributed by atoms with Gasteiger partial charge in [0.15, 0.2) is 6.29 Å². The van der Waals surface area contributed by atoms with Crippen LogP contribution in [-0.2, 0) is 0 Å². The first-order valence-electron chi connectivity index (χ1n) is 4.65. The van der Waals surface area contributed by atoms with Crippen molar-refractivity contribution in [2.75, 3.05) is 6.61 Å². The Kier molecular flexibility index (Phi) is 4.56. The molecule has 0 aromatic heterocycles. The predicted octanol–water partition coefficient (Wildman–Crippen LogP) is 3.61. The summed E-state index contributed by atoms with van der Waals surface area (Å²) in [7, 11) is 0.